The number of rotatable bonds is 6. The van der Waals surface area contributed by atoms with Gasteiger partial charge in [-0.1, -0.05) is 28.9 Å². The third kappa shape index (κ3) is 5.68. The van der Waals surface area contributed by atoms with Crippen LogP contribution in [0.1, 0.15) is 47.0 Å². The van der Waals surface area contributed by atoms with Crippen molar-refractivity contribution in [1.82, 2.24) is 20.2 Å². The Morgan fingerprint density at radius 2 is 1.87 bits per heavy atom. The van der Waals surface area contributed by atoms with Crippen LogP contribution in [0.25, 0.3) is 0 Å². The number of nitrogens with one attached hydrogen (secondary N) is 1. The fraction of sp³-hybridized carbons (Fsp3) is 0.391. The molecular formula is C23H26ClN5O2. The summed E-state index contributed by atoms with van der Waals surface area (Å²) in [6.07, 6.45) is 2.83. The smallest absolute Gasteiger partial charge is 0.239 e. The van der Waals surface area contributed by atoms with E-state index in [1.54, 1.807) is 6.92 Å². The van der Waals surface area contributed by atoms with Gasteiger partial charge in [0, 0.05) is 22.3 Å². The molecule has 3 heterocycles. The number of nitrogens with zero attached hydrogens (tertiary/aromatic N) is 4. The van der Waals surface area contributed by atoms with Gasteiger partial charge in [-0.15, -0.1) is 0 Å². The first-order valence-corrected chi connectivity index (χ1v) is 10.9. The van der Waals surface area contributed by atoms with Gasteiger partial charge in [0.1, 0.15) is 5.69 Å². The first kappa shape index (κ1) is 21.5. The van der Waals surface area contributed by atoms with Crippen molar-refractivity contribution in [3.63, 3.8) is 0 Å². The van der Waals surface area contributed by atoms with Crippen LogP contribution in [-0.4, -0.2) is 45.7 Å². The lowest BCUT2D eigenvalue weighted by Gasteiger charge is -2.31. The summed E-state index contributed by atoms with van der Waals surface area (Å²) < 4.78 is 4.62. The number of carbonyl (C=O) groups is 1. The van der Waals surface area contributed by atoms with Gasteiger partial charge < -0.3 is 5.32 Å². The summed E-state index contributed by atoms with van der Waals surface area (Å²) >= 11 is 6.00. The normalized spacial score (nSPS) is 15.2. The number of aryl methyl sites for hydroxylation is 2. The molecule has 0 aliphatic carbocycles. The maximum atomic E-state index is 12.3. The Morgan fingerprint density at radius 1 is 1.13 bits per heavy atom. The number of anilines is 1. The third-order valence-corrected chi connectivity index (χ3v) is 5.89. The molecule has 1 amide bonds. The third-order valence-electron chi connectivity index (χ3n) is 5.64. The van der Waals surface area contributed by atoms with Crippen LogP contribution in [-0.2, 0) is 11.2 Å². The molecule has 7 nitrogen and oxygen atoms in total. The van der Waals surface area contributed by atoms with Crippen molar-refractivity contribution in [2.75, 3.05) is 25.0 Å². The molecular weight excluding hydrogens is 414 g/mol. The summed E-state index contributed by atoms with van der Waals surface area (Å²) in [5.41, 5.74) is 5.27. The molecule has 0 spiro atoms. The van der Waals surface area contributed by atoms with E-state index in [9.17, 15) is 4.79 Å². The van der Waals surface area contributed by atoms with Gasteiger partial charge in [-0.05, 0) is 86.7 Å². The number of carbonyl (C=O) groups excluding carboxylic acids is 1. The molecule has 0 unspecified atom stereocenters. The lowest BCUT2D eigenvalue weighted by Crippen LogP contribution is -2.39. The van der Waals surface area contributed by atoms with Gasteiger partial charge >= 0.3 is 0 Å². The average Bonchev–Trinajstić information content (AvgIpc) is 3.14. The van der Waals surface area contributed by atoms with Crippen LogP contribution in [0.2, 0.25) is 5.02 Å². The second-order valence-corrected chi connectivity index (χ2v) is 8.58. The van der Waals surface area contributed by atoms with E-state index < -0.39 is 0 Å². The minimum absolute atomic E-state index is 0.101. The summed E-state index contributed by atoms with van der Waals surface area (Å²) in [7, 11) is 0. The summed E-state index contributed by atoms with van der Waals surface area (Å²) in [6.45, 7) is 5.84. The molecule has 3 aromatic rings. The quantitative estimate of drug-likeness (QED) is 0.621. The van der Waals surface area contributed by atoms with E-state index in [4.69, 9.17) is 16.6 Å². The van der Waals surface area contributed by atoms with Gasteiger partial charge in [-0.2, -0.15) is 0 Å². The van der Waals surface area contributed by atoms with Crippen molar-refractivity contribution in [2.45, 2.75) is 39.0 Å². The van der Waals surface area contributed by atoms with Crippen LogP contribution in [0.3, 0.4) is 0 Å². The molecule has 0 atom stereocenters. The minimum atomic E-state index is -0.101. The molecule has 2 aromatic heterocycles. The number of piperidine rings is 1. The zero-order valence-electron chi connectivity index (χ0n) is 17.8. The molecule has 1 aromatic carbocycles. The van der Waals surface area contributed by atoms with Crippen LogP contribution in [0.5, 0.6) is 0 Å². The molecule has 1 N–H and O–H groups in total. The fourth-order valence-corrected chi connectivity index (χ4v) is 4.15. The maximum absolute atomic E-state index is 12.3. The van der Waals surface area contributed by atoms with Crippen molar-refractivity contribution >= 4 is 23.3 Å². The Morgan fingerprint density at radius 3 is 2.55 bits per heavy atom. The van der Waals surface area contributed by atoms with Crippen LogP contribution in [0.4, 0.5) is 5.82 Å². The Balaban J connectivity index is 1.34. The lowest BCUT2D eigenvalue weighted by atomic mass is 9.91. The monoisotopic (exact) mass is 439 g/mol. The number of benzene rings is 1. The van der Waals surface area contributed by atoms with E-state index in [0.717, 1.165) is 48.8 Å². The van der Waals surface area contributed by atoms with Crippen LogP contribution < -0.4 is 5.32 Å². The SMILES string of the molecule is Cc1cc(Cc2ccc(Cl)cc2)cc(C2CCN(CC(=O)Nc3nonc3C)CC2)n1. The maximum Gasteiger partial charge on any atom is 0.239 e. The highest BCUT2D eigenvalue weighted by Gasteiger charge is 2.24. The highest BCUT2D eigenvalue weighted by Crippen LogP contribution is 2.28. The molecule has 31 heavy (non-hydrogen) atoms. The number of likely N-dealkylation sites (tertiary alicyclic amines) is 1. The molecule has 4 rings (SSSR count). The summed E-state index contributed by atoms with van der Waals surface area (Å²) in [6, 6.07) is 12.4. The van der Waals surface area contributed by atoms with Crippen molar-refractivity contribution in [3.8, 4) is 0 Å². The minimum Gasteiger partial charge on any atom is -0.305 e. The van der Waals surface area contributed by atoms with Crippen LogP contribution in [0.15, 0.2) is 41.0 Å². The van der Waals surface area contributed by atoms with Crippen molar-refractivity contribution in [2.24, 2.45) is 0 Å². The molecule has 1 fully saturated rings. The predicted octanol–water partition coefficient (Wildman–Crippen LogP) is 4.14. The average molecular weight is 440 g/mol. The molecule has 8 heteroatoms. The number of amides is 1. The second kappa shape index (κ2) is 9.58. The van der Waals surface area contributed by atoms with E-state index >= 15 is 0 Å². The fourth-order valence-electron chi connectivity index (χ4n) is 4.02. The zero-order valence-corrected chi connectivity index (χ0v) is 18.5. The van der Waals surface area contributed by atoms with Gasteiger partial charge in [0.15, 0.2) is 5.82 Å². The molecule has 1 aliphatic rings. The molecule has 1 aliphatic heterocycles. The highest BCUT2D eigenvalue weighted by atomic mass is 35.5. The highest BCUT2D eigenvalue weighted by molar-refractivity contribution is 6.30. The van der Waals surface area contributed by atoms with E-state index in [1.165, 1.54) is 11.1 Å². The first-order valence-electron chi connectivity index (χ1n) is 10.5. The zero-order chi connectivity index (χ0) is 21.8. The Bertz CT molecular complexity index is 1040. The van der Waals surface area contributed by atoms with Crippen LogP contribution >= 0.6 is 11.6 Å². The largest absolute Gasteiger partial charge is 0.305 e. The van der Waals surface area contributed by atoms with Gasteiger partial charge in [0.25, 0.3) is 0 Å². The predicted molar refractivity (Wildman–Crippen MR) is 119 cm³/mol. The number of aromatic nitrogens is 3. The Kier molecular flexibility index (Phi) is 6.63. The summed E-state index contributed by atoms with van der Waals surface area (Å²) in [4.78, 5) is 19.3. The van der Waals surface area contributed by atoms with Crippen molar-refractivity contribution in [3.05, 3.63) is 69.6 Å². The number of hydrogen-bond acceptors (Lipinski definition) is 6. The van der Waals surface area contributed by atoms with Crippen molar-refractivity contribution < 1.29 is 9.42 Å². The molecule has 0 radical (unpaired) electrons. The standard InChI is InChI=1S/C23H26ClN5O2/c1-15-11-18(12-17-3-5-20(24)6-4-17)13-21(25-15)19-7-9-29(10-8-19)14-22(30)26-23-16(2)27-31-28-23/h3-6,11,13,19H,7-10,12,14H2,1-2H3,(H,26,28,30). The Labute approximate surface area is 186 Å². The van der Waals surface area contributed by atoms with E-state index in [0.29, 0.717) is 24.0 Å². The second-order valence-electron chi connectivity index (χ2n) is 8.14. The molecule has 1 saturated heterocycles. The van der Waals surface area contributed by atoms with Gasteiger partial charge in [-0.25, -0.2) is 4.63 Å². The molecule has 162 valence electrons. The topological polar surface area (TPSA) is 84.2 Å². The van der Waals surface area contributed by atoms with Gasteiger partial charge in [0.2, 0.25) is 5.91 Å². The van der Waals surface area contributed by atoms with E-state index in [1.807, 2.05) is 12.1 Å². The Hall–Kier alpha value is -2.77. The first-order chi connectivity index (χ1) is 15.0. The number of halogens is 1. The van der Waals surface area contributed by atoms with Gasteiger partial charge in [0.05, 0.1) is 6.54 Å². The van der Waals surface area contributed by atoms with Gasteiger partial charge in [-0.3, -0.25) is 14.7 Å². The van der Waals surface area contributed by atoms with Crippen LogP contribution in [0, 0.1) is 13.8 Å². The number of pyridine rings is 1. The molecule has 0 bridgehead atoms. The summed E-state index contributed by atoms with van der Waals surface area (Å²) in [5, 5.41) is 10.9. The van der Waals surface area contributed by atoms with E-state index in [2.05, 4.69) is 56.3 Å². The number of hydrogen-bond donors (Lipinski definition) is 1. The molecule has 0 saturated carbocycles. The van der Waals surface area contributed by atoms with E-state index in [-0.39, 0.29) is 5.91 Å². The lowest BCUT2D eigenvalue weighted by molar-refractivity contribution is -0.117. The van der Waals surface area contributed by atoms with Crippen molar-refractivity contribution in [1.29, 1.82) is 0 Å². The summed E-state index contributed by atoms with van der Waals surface area (Å²) in [5.74, 6) is 0.693.